The number of fused-ring (bicyclic) bond motifs is 1. The first-order valence-electron chi connectivity index (χ1n) is 8.80. The van der Waals surface area contributed by atoms with Crippen molar-refractivity contribution < 1.29 is 24.1 Å². The quantitative estimate of drug-likeness (QED) is 0.886. The maximum Gasteiger partial charge on any atom is 0.231 e. The van der Waals surface area contributed by atoms with E-state index in [1.165, 1.54) is 0 Å². The minimum Gasteiger partial charge on any atom is -0.507 e. The molecule has 2 aromatic rings. The second-order valence-electron chi connectivity index (χ2n) is 6.49. The highest BCUT2D eigenvalue weighted by molar-refractivity contribution is 5.57. The van der Waals surface area contributed by atoms with Gasteiger partial charge >= 0.3 is 0 Å². The topological polar surface area (TPSA) is 60.4 Å². The van der Waals surface area contributed by atoms with Gasteiger partial charge in [-0.05, 0) is 38.1 Å². The van der Waals surface area contributed by atoms with Crippen LogP contribution in [0.15, 0.2) is 30.3 Å². The molecule has 0 aromatic heterocycles. The van der Waals surface area contributed by atoms with E-state index in [0.717, 1.165) is 37.1 Å². The van der Waals surface area contributed by atoms with Crippen molar-refractivity contribution in [2.75, 3.05) is 34.1 Å². The molecule has 1 N–H and O–H groups in total. The maximum absolute atomic E-state index is 10.7. The van der Waals surface area contributed by atoms with Crippen LogP contribution in [0.2, 0.25) is 0 Å². The normalized spacial score (nSPS) is 17.3. The van der Waals surface area contributed by atoms with Gasteiger partial charge in [-0.2, -0.15) is 0 Å². The highest BCUT2D eigenvalue weighted by Crippen LogP contribution is 2.47. The number of nitrogens with zero attached hydrogens (tertiary/aromatic N) is 1. The molecule has 0 spiro atoms. The van der Waals surface area contributed by atoms with Crippen LogP contribution in [-0.2, 0) is 0 Å². The lowest BCUT2D eigenvalue weighted by molar-refractivity contribution is 0.173. The van der Waals surface area contributed by atoms with Gasteiger partial charge in [-0.3, -0.25) is 4.90 Å². The van der Waals surface area contributed by atoms with Crippen LogP contribution in [0.4, 0.5) is 0 Å². The molecule has 0 unspecified atom stereocenters. The SMILES string of the molecule is COc1cccc([C@H](c2cc3c(cc2O)OCO3)N2CCCC2)c1OC. The van der Waals surface area contributed by atoms with E-state index < -0.39 is 0 Å². The Morgan fingerprint density at radius 1 is 1.00 bits per heavy atom. The fourth-order valence-electron chi connectivity index (χ4n) is 3.85. The number of phenolic OH excluding ortho intramolecular Hbond substituents is 1. The predicted octanol–water partition coefficient (Wildman–Crippen LogP) is 3.32. The molecule has 0 amide bonds. The number of aromatic hydroxyl groups is 1. The highest BCUT2D eigenvalue weighted by Gasteiger charge is 2.32. The Hall–Kier alpha value is -2.60. The zero-order valence-corrected chi connectivity index (χ0v) is 15.0. The van der Waals surface area contributed by atoms with Crippen molar-refractivity contribution in [1.29, 1.82) is 0 Å². The van der Waals surface area contributed by atoms with Gasteiger partial charge in [0.2, 0.25) is 6.79 Å². The number of hydrogen-bond donors (Lipinski definition) is 1. The minimum absolute atomic E-state index is 0.156. The molecule has 2 aliphatic rings. The highest BCUT2D eigenvalue weighted by atomic mass is 16.7. The first-order chi connectivity index (χ1) is 12.7. The standard InChI is InChI=1S/C20H23NO5/c1-23-16-7-5-6-13(20(16)24-2)19(21-8-3-4-9-21)14-10-17-18(11-15(14)22)26-12-25-17/h5-7,10-11,19,22H,3-4,8-9,12H2,1-2H3/t19-/m1/s1. The Balaban J connectivity index is 1.87. The van der Waals surface area contributed by atoms with Crippen LogP contribution in [0.25, 0.3) is 0 Å². The van der Waals surface area contributed by atoms with Crippen molar-refractivity contribution in [3.05, 3.63) is 41.5 Å². The number of phenols is 1. The second kappa shape index (κ2) is 6.96. The van der Waals surface area contributed by atoms with Gasteiger partial charge in [0.05, 0.1) is 20.3 Å². The molecule has 6 heteroatoms. The van der Waals surface area contributed by atoms with E-state index in [2.05, 4.69) is 4.90 Å². The van der Waals surface area contributed by atoms with Gasteiger partial charge in [-0.25, -0.2) is 0 Å². The first kappa shape index (κ1) is 16.8. The van der Waals surface area contributed by atoms with Crippen molar-refractivity contribution in [2.24, 2.45) is 0 Å². The molecule has 138 valence electrons. The lowest BCUT2D eigenvalue weighted by atomic mass is 9.94. The summed E-state index contributed by atoms with van der Waals surface area (Å²) in [5, 5.41) is 10.7. The average molecular weight is 357 g/mol. The van der Waals surface area contributed by atoms with Crippen LogP contribution >= 0.6 is 0 Å². The third-order valence-corrected chi connectivity index (χ3v) is 5.05. The predicted molar refractivity (Wildman–Crippen MR) is 96.4 cm³/mol. The first-order valence-corrected chi connectivity index (χ1v) is 8.80. The molecule has 4 rings (SSSR count). The van der Waals surface area contributed by atoms with Crippen molar-refractivity contribution in [3.8, 4) is 28.7 Å². The minimum atomic E-state index is -0.156. The van der Waals surface area contributed by atoms with Crippen molar-refractivity contribution >= 4 is 0 Å². The maximum atomic E-state index is 10.7. The molecule has 1 saturated heterocycles. The zero-order valence-electron chi connectivity index (χ0n) is 15.0. The zero-order chi connectivity index (χ0) is 18.1. The molecule has 0 saturated carbocycles. The van der Waals surface area contributed by atoms with Gasteiger partial charge in [-0.1, -0.05) is 12.1 Å². The number of methoxy groups -OCH3 is 2. The fraction of sp³-hybridized carbons (Fsp3) is 0.400. The van der Waals surface area contributed by atoms with Crippen molar-refractivity contribution in [1.82, 2.24) is 4.90 Å². The number of para-hydroxylation sites is 1. The summed E-state index contributed by atoms with van der Waals surface area (Å²) < 4.78 is 22.1. The number of benzene rings is 2. The number of likely N-dealkylation sites (tertiary alicyclic amines) is 1. The van der Waals surface area contributed by atoms with Gasteiger partial charge in [0.25, 0.3) is 0 Å². The summed E-state index contributed by atoms with van der Waals surface area (Å²) in [5.74, 6) is 2.78. The lowest BCUT2D eigenvalue weighted by Crippen LogP contribution is -2.27. The van der Waals surface area contributed by atoms with Crippen LogP contribution < -0.4 is 18.9 Å². The van der Waals surface area contributed by atoms with E-state index in [1.807, 2.05) is 24.3 Å². The van der Waals surface area contributed by atoms with E-state index in [0.29, 0.717) is 23.0 Å². The molecule has 6 nitrogen and oxygen atoms in total. The van der Waals surface area contributed by atoms with Gasteiger partial charge in [-0.15, -0.1) is 0 Å². The van der Waals surface area contributed by atoms with Crippen LogP contribution in [0.5, 0.6) is 28.7 Å². The number of hydrogen-bond acceptors (Lipinski definition) is 6. The second-order valence-corrected chi connectivity index (χ2v) is 6.49. The molecule has 1 atom stereocenters. The summed E-state index contributed by atoms with van der Waals surface area (Å²) in [6, 6.07) is 9.20. The van der Waals surface area contributed by atoms with Crippen LogP contribution in [0.3, 0.4) is 0 Å². The molecule has 0 bridgehead atoms. The van der Waals surface area contributed by atoms with Crippen LogP contribution in [0, 0.1) is 0 Å². The molecule has 26 heavy (non-hydrogen) atoms. The Morgan fingerprint density at radius 3 is 2.42 bits per heavy atom. The third kappa shape index (κ3) is 2.80. The Bertz CT molecular complexity index is 801. The molecule has 0 aliphatic carbocycles. The van der Waals surface area contributed by atoms with Gasteiger partial charge < -0.3 is 24.1 Å². The summed E-state index contributed by atoms with van der Waals surface area (Å²) in [4.78, 5) is 2.36. The fourth-order valence-corrected chi connectivity index (χ4v) is 3.85. The molecule has 0 radical (unpaired) electrons. The monoisotopic (exact) mass is 357 g/mol. The summed E-state index contributed by atoms with van der Waals surface area (Å²) in [5.41, 5.74) is 1.74. The van der Waals surface area contributed by atoms with E-state index >= 15 is 0 Å². The van der Waals surface area contributed by atoms with Gasteiger partial charge in [0.15, 0.2) is 23.0 Å². The third-order valence-electron chi connectivity index (χ3n) is 5.05. The van der Waals surface area contributed by atoms with E-state index in [4.69, 9.17) is 18.9 Å². The Labute approximate surface area is 152 Å². The van der Waals surface area contributed by atoms with E-state index in [9.17, 15) is 5.11 Å². The largest absolute Gasteiger partial charge is 0.507 e. The summed E-state index contributed by atoms with van der Waals surface area (Å²) in [7, 11) is 3.27. The molecular formula is C20H23NO5. The van der Waals surface area contributed by atoms with Gasteiger partial charge in [0, 0.05) is 17.2 Å². The van der Waals surface area contributed by atoms with Crippen LogP contribution in [0.1, 0.15) is 30.0 Å². The smallest absolute Gasteiger partial charge is 0.231 e. The molecular weight excluding hydrogens is 334 g/mol. The van der Waals surface area contributed by atoms with Crippen molar-refractivity contribution in [3.63, 3.8) is 0 Å². The van der Waals surface area contributed by atoms with Gasteiger partial charge in [0.1, 0.15) is 5.75 Å². The van der Waals surface area contributed by atoms with Crippen LogP contribution in [-0.4, -0.2) is 44.1 Å². The van der Waals surface area contributed by atoms with Crippen molar-refractivity contribution in [2.45, 2.75) is 18.9 Å². The Kier molecular flexibility index (Phi) is 4.51. The van der Waals surface area contributed by atoms with E-state index in [-0.39, 0.29) is 18.6 Å². The number of rotatable bonds is 5. The molecule has 1 fully saturated rings. The summed E-state index contributed by atoms with van der Waals surface area (Å²) in [6.07, 6.45) is 2.27. The molecule has 2 aromatic carbocycles. The average Bonchev–Trinajstić information content (AvgIpc) is 3.33. The summed E-state index contributed by atoms with van der Waals surface area (Å²) in [6.45, 7) is 2.09. The summed E-state index contributed by atoms with van der Waals surface area (Å²) >= 11 is 0. The van der Waals surface area contributed by atoms with E-state index in [1.54, 1.807) is 20.3 Å². The molecule has 2 aliphatic heterocycles. The lowest BCUT2D eigenvalue weighted by Gasteiger charge is -2.30. The molecule has 2 heterocycles. The number of ether oxygens (including phenoxy) is 4. The Morgan fingerprint density at radius 2 is 1.73 bits per heavy atom.